The van der Waals surface area contributed by atoms with Crippen LogP contribution in [-0.4, -0.2) is 61.1 Å². The van der Waals surface area contributed by atoms with Gasteiger partial charge in [-0.05, 0) is 56.5 Å². The quantitative estimate of drug-likeness (QED) is 0.725. The van der Waals surface area contributed by atoms with Crippen LogP contribution in [0.3, 0.4) is 0 Å². The summed E-state index contributed by atoms with van der Waals surface area (Å²) in [7, 11) is 2.18. The van der Waals surface area contributed by atoms with E-state index in [-0.39, 0.29) is 6.04 Å². The molecular weight excluding hydrogens is 384 g/mol. The molecule has 3 aliphatic rings. The third-order valence-electron chi connectivity index (χ3n) is 6.31. The Morgan fingerprint density at radius 3 is 2.61 bits per heavy atom. The number of likely N-dealkylation sites (N-methyl/N-ethyl adjacent to an activating group) is 1. The number of anilines is 1. The van der Waals surface area contributed by atoms with Gasteiger partial charge in [-0.3, -0.25) is 4.99 Å². The highest BCUT2D eigenvalue weighted by molar-refractivity contribution is 6.10. The molecule has 162 valence electrons. The van der Waals surface area contributed by atoms with E-state index < -0.39 is 0 Å². The third kappa shape index (κ3) is 4.28. The van der Waals surface area contributed by atoms with E-state index in [1.54, 1.807) is 0 Å². The SMILES string of the molecule is CC=Cc1cc(C#N)cc2c1C(C)CC=C(N1CCN(C)CC1)C1=NC(C)CC=NN12. The van der Waals surface area contributed by atoms with E-state index in [1.165, 1.54) is 11.3 Å². The zero-order chi connectivity index (χ0) is 22.0. The van der Waals surface area contributed by atoms with E-state index in [1.807, 2.05) is 36.4 Å². The van der Waals surface area contributed by atoms with E-state index in [0.717, 1.165) is 56.1 Å². The maximum atomic E-state index is 9.71. The standard InChI is InChI=1S/C25H32N6/c1-5-6-21-15-20(17-26)16-23-24(21)18(2)7-8-22(30-13-11-29(4)12-14-30)25-28-19(3)9-10-27-31(23)25/h5-6,8,10,15-16,18-19H,7,9,11-14H2,1-4H3. The summed E-state index contributed by atoms with van der Waals surface area (Å²) >= 11 is 0. The Balaban J connectivity index is 1.90. The van der Waals surface area contributed by atoms with E-state index in [2.05, 4.69) is 48.9 Å². The van der Waals surface area contributed by atoms with Crippen molar-refractivity contribution in [2.45, 2.75) is 45.6 Å². The van der Waals surface area contributed by atoms with Crippen molar-refractivity contribution in [1.82, 2.24) is 9.80 Å². The molecule has 31 heavy (non-hydrogen) atoms. The number of amidine groups is 1. The zero-order valence-corrected chi connectivity index (χ0v) is 19.0. The molecule has 4 rings (SSSR count). The molecule has 1 aromatic rings. The number of hydrogen-bond donors (Lipinski definition) is 0. The van der Waals surface area contributed by atoms with Crippen LogP contribution >= 0.6 is 0 Å². The first kappa shape index (κ1) is 21.3. The molecular formula is C25H32N6. The molecule has 1 saturated heterocycles. The highest BCUT2D eigenvalue weighted by atomic mass is 15.5. The molecule has 3 aliphatic heterocycles. The number of hydrazone groups is 1. The lowest BCUT2D eigenvalue weighted by Gasteiger charge is -2.39. The highest BCUT2D eigenvalue weighted by Gasteiger charge is 2.31. The number of hydrogen-bond acceptors (Lipinski definition) is 6. The Labute approximate surface area is 185 Å². The van der Waals surface area contributed by atoms with Gasteiger partial charge in [0.25, 0.3) is 0 Å². The van der Waals surface area contributed by atoms with Crippen molar-refractivity contribution in [3.8, 4) is 6.07 Å². The molecule has 6 heteroatoms. The van der Waals surface area contributed by atoms with E-state index in [9.17, 15) is 5.26 Å². The summed E-state index contributed by atoms with van der Waals surface area (Å²) in [4.78, 5) is 9.95. The number of allylic oxidation sites excluding steroid dienone is 2. The van der Waals surface area contributed by atoms with E-state index in [0.29, 0.717) is 11.5 Å². The molecule has 2 atom stereocenters. The molecule has 6 nitrogen and oxygen atoms in total. The first-order valence-electron chi connectivity index (χ1n) is 11.3. The van der Waals surface area contributed by atoms with Crippen molar-refractivity contribution >= 4 is 23.8 Å². The van der Waals surface area contributed by atoms with Crippen molar-refractivity contribution in [1.29, 1.82) is 5.26 Å². The van der Waals surface area contributed by atoms with Crippen molar-refractivity contribution in [2.75, 3.05) is 38.2 Å². The normalized spacial score (nSPS) is 24.5. The van der Waals surface area contributed by atoms with Crippen LogP contribution in [0.1, 0.15) is 56.2 Å². The van der Waals surface area contributed by atoms with Crippen molar-refractivity contribution < 1.29 is 0 Å². The van der Waals surface area contributed by atoms with Crippen LogP contribution in [0, 0.1) is 11.3 Å². The Morgan fingerprint density at radius 1 is 1.13 bits per heavy atom. The molecule has 0 amide bonds. The smallest absolute Gasteiger partial charge is 0.173 e. The Kier molecular flexibility index (Phi) is 6.24. The maximum absolute atomic E-state index is 9.71. The Hall–Kier alpha value is -2.91. The lowest BCUT2D eigenvalue weighted by atomic mass is 9.88. The first-order valence-corrected chi connectivity index (χ1v) is 11.3. The number of nitriles is 1. The molecule has 0 saturated carbocycles. The summed E-state index contributed by atoms with van der Waals surface area (Å²) < 4.78 is 0. The minimum absolute atomic E-state index is 0.161. The van der Waals surface area contributed by atoms with Crippen LogP contribution in [0.5, 0.6) is 0 Å². The van der Waals surface area contributed by atoms with Crippen molar-refractivity contribution in [3.05, 3.63) is 46.7 Å². The van der Waals surface area contributed by atoms with Crippen LogP contribution in [-0.2, 0) is 0 Å². The number of benzene rings is 1. The van der Waals surface area contributed by atoms with Gasteiger partial charge in [-0.1, -0.05) is 25.2 Å². The minimum Gasteiger partial charge on any atom is -0.366 e. The second-order valence-corrected chi connectivity index (χ2v) is 8.77. The maximum Gasteiger partial charge on any atom is 0.173 e. The monoisotopic (exact) mass is 416 g/mol. The van der Waals surface area contributed by atoms with Crippen molar-refractivity contribution in [2.24, 2.45) is 10.1 Å². The first-order chi connectivity index (χ1) is 15.0. The van der Waals surface area contributed by atoms with Gasteiger partial charge in [-0.25, -0.2) is 5.01 Å². The Morgan fingerprint density at radius 2 is 1.90 bits per heavy atom. The predicted molar refractivity (Wildman–Crippen MR) is 129 cm³/mol. The molecule has 1 fully saturated rings. The average Bonchev–Trinajstić information content (AvgIpc) is 2.95. The molecule has 0 aromatic heterocycles. The van der Waals surface area contributed by atoms with Gasteiger partial charge in [-0.2, -0.15) is 10.4 Å². The molecule has 0 radical (unpaired) electrons. The molecule has 2 unspecified atom stereocenters. The van der Waals surface area contributed by atoms with Gasteiger partial charge in [0, 0.05) is 38.8 Å². The fraction of sp³-hybridized carbons (Fsp3) is 0.480. The van der Waals surface area contributed by atoms with Gasteiger partial charge in [0.1, 0.15) is 0 Å². The number of piperazine rings is 1. The largest absolute Gasteiger partial charge is 0.366 e. The van der Waals surface area contributed by atoms with Crippen LogP contribution in [0.15, 0.2) is 40.1 Å². The van der Waals surface area contributed by atoms with Crippen LogP contribution < -0.4 is 5.01 Å². The second kappa shape index (κ2) is 9.07. The van der Waals surface area contributed by atoms with Gasteiger partial charge >= 0.3 is 0 Å². The summed E-state index contributed by atoms with van der Waals surface area (Å²) in [5, 5.41) is 16.6. The number of nitrogens with zero attached hydrogens (tertiary/aromatic N) is 6. The lowest BCUT2D eigenvalue weighted by molar-refractivity contribution is 0.191. The van der Waals surface area contributed by atoms with Gasteiger partial charge in [0.2, 0.25) is 0 Å². The number of aliphatic imine (C=N–C) groups is 1. The van der Waals surface area contributed by atoms with Gasteiger partial charge < -0.3 is 9.80 Å². The van der Waals surface area contributed by atoms with E-state index in [4.69, 9.17) is 10.1 Å². The lowest BCUT2D eigenvalue weighted by Crippen LogP contribution is -2.47. The molecule has 0 N–H and O–H groups in total. The van der Waals surface area contributed by atoms with Gasteiger partial charge in [-0.15, -0.1) is 0 Å². The Bertz CT molecular complexity index is 988. The van der Waals surface area contributed by atoms with Crippen molar-refractivity contribution in [3.63, 3.8) is 0 Å². The summed E-state index contributed by atoms with van der Waals surface area (Å²) in [5.74, 6) is 1.20. The second-order valence-electron chi connectivity index (χ2n) is 8.77. The van der Waals surface area contributed by atoms with Gasteiger partial charge in [0.15, 0.2) is 5.84 Å². The fourth-order valence-electron chi connectivity index (χ4n) is 4.57. The van der Waals surface area contributed by atoms with Crippen LogP contribution in [0.2, 0.25) is 0 Å². The molecule has 0 bridgehead atoms. The molecule has 0 aliphatic carbocycles. The van der Waals surface area contributed by atoms with Crippen LogP contribution in [0.25, 0.3) is 6.08 Å². The fourth-order valence-corrected chi connectivity index (χ4v) is 4.57. The summed E-state index contributed by atoms with van der Waals surface area (Å²) in [6, 6.07) is 6.47. The number of rotatable bonds is 2. The van der Waals surface area contributed by atoms with E-state index >= 15 is 0 Å². The predicted octanol–water partition coefficient (Wildman–Crippen LogP) is 4.21. The summed E-state index contributed by atoms with van der Waals surface area (Å²) in [6.07, 6.45) is 10.2. The van der Waals surface area contributed by atoms with Gasteiger partial charge in [0.05, 0.1) is 29.1 Å². The topological polar surface area (TPSA) is 58.2 Å². The van der Waals surface area contributed by atoms with Crippen LogP contribution in [0.4, 0.5) is 5.69 Å². The average molecular weight is 417 g/mol. The third-order valence-corrected chi connectivity index (χ3v) is 6.31. The molecule has 1 aromatic carbocycles. The highest BCUT2D eigenvalue weighted by Crippen LogP contribution is 2.39. The summed E-state index contributed by atoms with van der Waals surface area (Å²) in [5.41, 5.74) is 5.11. The number of fused-ring (bicyclic) bond motifs is 3. The molecule has 3 heterocycles. The summed E-state index contributed by atoms with van der Waals surface area (Å²) in [6.45, 7) is 10.5. The zero-order valence-electron chi connectivity index (χ0n) is 19.0. The minimum atomic E-state index is 0.161. The molecule has 0 spiro atoms.